The fourth-order valence-corrected chi connectivity index (χ4v) is 4.21. The van der Waals surface area contributed by atoms with Crippen LogP contribution in [-0.4, -0.2) is 45.0 Å². The van der Waals surface area contributed by atoms with Gasteiger partial charge in [0, 0.05) is 31.0 Å². The number of ketones is 1. The third-order valence-corrected chi connectivity index (χ3v) is 5.59. The van der Waals surface area contributed by atoms with E-state index in [1.165, 1.54) is 5.56 Å². The Hall–Kier alpha value is -2.63. The summed E-state index contributed by atoms with van der Waals surface area (Å²) in [7, 11) is 0. The van der Waals surface area contributed by atoms with E-state index in [0.29, 0.717) is 32.4 Å². The van der Waals surface area contributed by atoms with Crippen LogP contribution in [0, 0.1) is 5.92 Å². The van der Waals surface area contributed by atoms with E-state index < -0.39 is 5.60 Å². The summed E-state index contributed by atoms with van der Waals surface area (Å²) in [6.07, 6.45) is 5.26. The average molecular weight is 381 g/mol. The largest absolute Gasteiger partial charge is 0.444 e. The van der Waals surface area contributed by atoms with Crippen LogP contribution < -0.4 is 0 Å². The van der Waals surface area contributed by atoms with Crippen molar-refractivity contribution in [3.8, 4) is 11.3 Å². The van der Waals surface area contributed by atoms with E-state index in [0.717, 1.165) is 11.3 Å². The van der Waals surface area contributed by atoms with Crippen molar-refractivity contribution in [2.45, 2.75) is 51.7 Å². The van der Waals surface area contributed by atoms with E-state index in [4.69, 9.17) is 4.74 Å². The van der Waals surface area contributed by atoms with Crippen LogP contribution in [0.5, 0.6) is 0 Å². The first-order valence-electron chi connectivity index (χ1n) is 9.95. The number of fused-ring (bicyclic) bond motifs is 3. The summed E-state index contributed by atoms with van der Waals surface area (Å²) in [5.41, 5.74) is 2.94. The summed E-state index contributed by atoms with van der Waals surface area (Å²) in [5.74, 6) is 0.267. The van der Waals surface area contributed by atoms with Crippen LogP contribution in [0.2, 0.25) is 0 Å². The summed E-state index contributed by atoms with van der Waals surface area (Å²) in [4.78, 5) is 31.2. The zero-order valence-electron chi connectivity index (χ0n) is 16.7. The fraction of sp³-hybridized carbons (Fsp3) is 0.500. The number of imidazole rings is 1. The van der Waals surface area contributed by atoms with Gasteiger partial charge in [0.15, 0.2) is 0 Å². The molecule has 148 valence electrons. The summed E-state index contributed by atoms with van der Waals surface area (Å²) in [6.45, 7) is 6.74. The van der Waals surface area contributed by atoms with Gasteiger partial charge in [-0.05, 0) is 39.2 Å². The molecule has 2 aliphatic rings. The van der Waals surface area contributed by atoms with Gasteiger partial charge >= 0.3 is 6.09 Å². The minimum atomic E-state index is -0.498. The van der Waals surface area contributed by atoms with Gasteiger partial charge in [-0.15, -0.1) is 0 Å². The van der Waals surface area contributed by atoms with Crippen molar-refractivity contribution in [1.82, 2.24) is 14.5 Å². The highest BCUT2D eigenvalue weighted by atomic mass is 16.6. The number of hydrogen-bond donors (Lipinski definition) is 0. The van der Waals surface area contributed by atoms with Crippen LogP contribution >= 0.6 is 0 Å². The number of likely N-dealkylation sites (tertiary alicyclic amines) is 1. The molecule has 4 rings (SSSR count). The number of aromatic nitrogens is 2. The van der Waals surface area contributed by atoms with Gasteiger partial charge in [0.2, 0.25) is 0 Å². The van der Waals surface area contributed by atoms with E-state index in [1.54, 1.807) is 4.90 Å². The van der Waals surface area contributed by atoms with Gasteiger partial charge in [-0.2, -0.15) is 0 Å². The number of benzene rings is 1. The van der Waals surface area contributed by atoms with Crippen molar-refractivity contribution in [3.05, 3.63) is 42.4 Å². The number of Topliss-reactive ketones (excluding diaryl/α,β-unsaturated/α-hetero) is 1. The first-order valence-corrected chi connectivity index (χ1v) is 9.95. The summed E-state index contributed by atoms with van der Waals surface area (Å²) >= 11 is 0. The molecule has 2 aliphatic heterocycles. The van der Waals surface area contributed by atoms with Gasteiger partial charge in [-0.3, -0.25) is 4.79 Å². The van der Waals surface area contributed by atoms with Crippen molar-refractivity contribution in [1.29, 1.82) is 0 Å². The van der Waals surface area contributed by atoms with E-state index in [1.807, 2.05) is 45.4 Å². The number of carbonyl (C=O) groups excluding carboxylic acids is 2. The van der Waals surface area contributed by atoms with Gasteiger partial charge in [0.05, 0.1) is 24.3 Å². The quantitative estimate of drug-likeness (QED) is 0.804. The normalized spacial score (nSPS) is 19.2. The van der Waals surface area contributed by atoms with Crippen molar-refractivity contribution < 1.29 is 14.3 Å². The lowest BCUT2D eigenvalue weighted by atomic mass is 9.88. The number of piperidine rings is 1. The lowest BCUT2D eigenvalue weighted by Crippen LogP contribution is -2.43. The molecule has 1 aromatic heterocycles. The van der Waals surface area contributed by atoms with Crippen LogP contribution in [0.4, 0.5) is 4.79 Å². The molecular formula is C22H27N3O3. The Balaban J connectivity index is 1.39. The van der Waals surface area contributed by atoms with Gasteiger partial charge in [-0.1, -0.05) is 24.3 Å². The molecule has 2 aromatic rings. The number of hydrogen-bond acceptors (Lipinski definition) is 4. The molecule has 0 saturated carbocycles. The Kier molecular flexibility index (Phi) is 4.73. The fourth-order valence-electron chi connectivity index (χ4n) is 4.21. The highest BCUT2D eigenvalue weighted by Crippen LogP contribution is 2.41. The van der Waals surface area contributed by atoms with Gasteiger partial charge < -0.3 is 14.2 Å². The third-order valence-electron chi connectivity index (χ3n) is 5.59. The number of ether oxygens (including phenoxy) is 1. The summed E-state index contributed by atoms with van der Waals surface area (Å²) in [6, 6.07) is 8.26. The third kappa shape index (κ3) is 3.55. The molecule has 0 bridgehead atoms. The van der Waals surface area contributed by atoms with Crippen LogP contribution in [0.3, 0.4) is 0 Å². The first kappa shape index (κ1) is 18.7. The van der Waals surface area contributed by atoms with E-state index in [9.17, 15) is 9.59 Å². The maximum atomic E-state index is 13.0. The molecule has 1 fully saturated rings. The zero-order valence-corrected chi connectivity index (χ0v) is 16.7. The van der Waals surface area contributed by atoms with Crippen molar-refractivity contribution in [2.24, 2.45) is 5.92 Å². The summed E-state index contributed by atoms with van der Waals surface area (Å²) < 4.78 is 7.55. The van der Waals surface area contributed by atoms with Crippen molar-refractivity contribution in [2.75, 3.05) is 13.1 Å². The number of nitrogens with zero attached hydrogens (tertiary/aromatic N) is 3. The topological polar surface area (TPSA) is 64.4 Å². The molecule has 0 radical (unpaired) electrons. The molecule has 1 atom stereocenters. The highest BCUT2D eigenvalue weighted by molar-refractivity contribution is 5.83. The molecule has 6 nitrogen and oxygen atoms in total. The van der Waals surface area contributed by atoms with Crippen LogP contribution in [0.1, 0.15) is 51.6 Å². The maximum Gasteiger partial charge on any atom is 0.410 e. The molecular weight excluding hydrogens is 354 g/mol. The summed E-state index contributed by atoms with van der Waals surface area (Å²) in [5, 5.41) is 0. The molecule has 1 amide bonds. The Morgan fingerprint density at radius 2 is 1.89 bits per heavy atom. The predicted molar refractivity (Wildman–Crippen MR) is 106 cm³/mol. The number of rotatable bonds is 3. The maximum absolute atomic E-state index is 13.0. The first-order chi connectivity index (χ1) is 13.3. The van der Waals surface area contributed by atoms with Crippen molar-refractivity contribution in [3.63, 3.8) is 0 Å². The minimum absolute atomic E-state index is 0.00146. The van der Waals surface area contributed by atoms with Gasteiger partial charge in [-0.25, -0.2) is 9.78 Å². The Morgan fingerprint density at radius 1 is 1.18 bits per heavy atom. The van der Waals surface area contributed by atoms with E-state index >= 15 is 0 Å². The van der Waals surface area contributed by atoms with Crippen LogP contribution in [0.25, 0.3) is 11.3 Å². The minimum Gasteiger partial charge on any atom is -0.444 e. The van der Waals surface area contributed by atoms with Crippen LogP contribution in [-0.2, 0) is 9.53 Å². The zero-order chi connectivity index (χ0) is 19.9. The molecule has 3 heterocycles. The lowest BCUT2D eigenvalue weighted by Gasteiger charge is -2.33. The number of amides is 1. The molecule has 1 aromatic carbocycles. The smallest absolute Gasteiger partial charge is 0.410 e. The lowest BCUT2D eigenvalue weighted by molar-refractivity contribution is -0.124. The molecule has 6 heteroatoms. The molecule has 1 saturated heterocycles. The number of carbonyl (C=O) groups is 2. The monoisotopic (exact) mass is 381 g/mol. The van der Waals surface area contributed by atoms with E-state index in [-0.39, 0.29) is 23.8 Å². The predicted octanol–water partition coefficient (Wildman–Crippen LogP) is 4.06. The molecule has 28 heavy (non-hydrogen) atoms. The standard InChI is InChI=1S/C22H27N3O3/c1-22(2,3)28-21(27)24-10-8-15(9-11-24)20(26)12-18-16-6-4-5-7-17(16)19-13-23-14-25(18)19/h4-7,13-15,18H,8-12H2,1-3H3/t18-/m0/s1. The Labute approximate surface area is 165 Å². The second kappa shape index (κ2) is 7.08. The SMILES string of the molecule is CC(C)(C)OC(=O)N1CCC(C(=O)C[C@H]2c3ccccc3-c3cncn32)CC1. The Bertz CT molecular complexity index is 888. The Morgan fingerprint density at radius 3 is 2.61 bits per heavy atom. The molecule has 0 N–H and O–H groups in total. The molecule has 0 spiro atoms. The van der Waals surface area contributed by atoms with Crippen molar-refractivity contribution >= 4 is 11.9 Å². The second-order valence-electron chi connectivity index (χ2n) is 8.70. The molecule has 0 aliphatic carbocycles. The second-order valence-corrected chi connectivity index (χ2v) is 8.70. The van der Waals surface area contributed by atoms with E-state index in [2.05, 4.69) is 21.7 Å². The molecule has 0 unspecified atom stereocenters. The van der Waals surface area contributed by atoms with Gasteiger partial charge in [0.1, 0.15) is 11.4 Å². The average Bonchev–Trinajstić information content (AvgIpc) is 3.23. The highest BCUT2D eigenvalue weighted by Gasteiger charge is 2.34. The van der Waals surface area contributed by atoms with Gasteiger partial charge in [0.25, 0.3) is 0 Å². The van der Waals surface area contributed by atoms with Crippen LogP contribution in [0.15, 0.2) is 36.8 Å².